The Hall–Kier alpha value is -2.75. The van der Waals surface area contributed by atoms with Crippen LogP contribution in [0.4, 0.5) is 5.69 Å². The molecule has 0 atom stereocenters. The second-order valence-electron chi connectivity index (χ2n) is 7.07. The van der Waals surface area contributed by atoms with E-state index in [1.165, 1.54) is 37.3 Å². The summed E-state index contributed by atoms with van der Waals surface area (Å²) in [6.45, 7) is 2.10. The highest BCUT2D eigenvalue weighted by atomic mass is 16.6. The number of nitro benzene ring substituents is 1. The molecule has 4 nitrogen and oxygen atoms in total. The third-order valence-corrected chi connectivity index (χ3v) is 5.00. The fourth-order valence-electron chi connectivity index (χ4n) is 3.74. The van der Waals surface area contributed by atoms with Crippen molar-refractivity contribution in [3.8, 4) is 0 Å². The molecule has 1 aliphatic carbocycles. The van der Waals surface area contributed by atoms with Crippen LogP contribution in [0.1, 0.15) is 60.5 Å². The van der Waals surface area contributed by atoms with Crippen LogP contribution in [-0.2, 0) is 0 Å². The molecule has 0 radical (unpaired) electrons. The summed E-state index contributed by atoms with van der Waals surface area (Å²) in [5.74, 6) is 0.427. The number of carbonyl (C=O) groups is 1. The van der Waals surface area contributed by atoms with Gasteiger partial charge in [-0.3, -0.25) is 14.9 Å². The highest BCUT2D eigenvalue weighted by molar-refractivity contribution is 6.11. The summed E-state index contributed by atoms with van der Waals surface area (Å²) in [6, 6.07) is 13.5. The predicted molar refractivity (Wildman–Crippen MR) is 103 cm³/mol. The van der Waals surface area contributed by atoms with Gasteiger partial charge in [0, 0.05) is 11.6 Å². The third-order valence-electron chi connectivity index (χ3n) is 5.00. The van der Waals surface area contributed by atoms with Crippen molar-refractivity contribution in [1.29, 1.82) is 0 Å². The maximum Gasteiger partial charge on any atom is 0.280 e. The lowest BCUT2D eigenvalue weighted by atomic mass is 9.95. The van der Waals surface area contributed by atoms with Crippen LogP contribution in [0.25, 0.3) is 6.08 Å². The van der Waals surface area contributed by atoms with Crippen molar-refractivity contribution < 1.29 is 9.72 Å². The van der Waals surface area contributed by atoms with Gasteiger partial charge in [0.25, 0.3) is 5.69 Å². The van der Waals surface area contributed by atoms with Gasteiger partial charge in [0.15, 0.2) is 5.78 Å². The molecule has 1 aliphatic rings. The van der Waals surface area contributed by atoms with E-state index in [0.29, 0.717) is 5.56 Å². The topological polar surface area (TPSA) is 60.2 Å². The van der Waals surface area contributed by atoms with Crippen LogP contribution in [0.5, 0.6) is 0 Å². The van der Waals surface area contributed by atoms with Crippen LogP contribution < -0.4 is 0 Å². The average molecular weight is 349 g/mol. The Morgan fingerprint density at radius 3 is 2.50 bits per heavy atom. The van der Waals surface area contributed by atoms with Gasteiger partial charge in [-0.1, -0.05) is 67.7 Å². The second-order valence-corrected chi connectivity index (χ2v) is 7.07. The van der Waals surface area contributed by atoms with Crippen molar-refractivity contribution in [2.24, 2.45) is 5.92 Å². The molecule has 0 bridgehead atoms. The van der Waals surface area contributed by atoms with Gasteiger partial charge in [0.05, 0.1) is 4.92 Å². The summed E-state index contributed by atoms with van der Waals surface area (Å²) < 4.78 is 0. The first kappa shape index (κ1) is 18.1. The number of carbonyl (C=O) groups excluding carboxylic acids is 1. The standard InChI is InChI=1S/C22H23NO3/c1-16(13-17-7-5-6-8-17)14-18-11-12-21(23(25)26)20(15-18)22(24)19-9-3-2-4-10-19/h2-4,9-12,14-15,17H,5-8,13H2,1H3/b16-14+. The minimum atomic E-state index is -0.491. The quantitative estimate of drug-likeness (QED) is 0.375. The van der Waals surface area contributed by atoms with Crippen molar-refractivity contribution >= 4 is 17.5 Å². The third kappa shape index (κ3) is 4.26. The first-order valence-corrected chi connectivity index (χ1v) is 9.10. The molecule has 0 aliphatic heterocycles. The Bertz CT molecular complexity index is 834. The van der Waals surface area contributed by atoms with E-state index in [2.05, 4.69) is 6.92 Å². The van der Waals surface area contributed by atoms with Gasteiger partial charge in [-0.2, -0.15) is 0 Å². The Morgan fingerprint density at radius 1 is 1.15 bits per heavy atom. The SMILES string of the molecule is C/C(=C\c1ccc([N+](=O)[O-])c(C(=O)c2ccccc2)c1)CC1CCCC1. The van der Waals surface area contributed by atoms with Crippen LogP contribution in [0.3, 0.4) is 0 Å². The van der Waals surface area contributed by atoms with Crippen LogP contribution in [0.15, 0.2) is 54.1 Å². The molecule has 1 saturated carbocycles. The van der Waals surface area contributed by atoms with Crippen LogP contribution in [0, 0.1) is 16.0 Å². The minimum absolute atomic E-state index is 0.142. The molecule has 1 fully saturated rings. The Kier molecular flexibility index (Phi) is 5.61. The van der Waals surface area contributed by atoms with E-state index >= 15 is 0 Å². The lowest BCUT2D eigenvalue weighted by Gasteiger charge is -2.09. The van der Waals surface area contributed by atoms with Crippen LogP contribution in [0.2, 0.25) is 0 Å². The molecule has 0 spiro atoms. The second kappa shape index (κ2) is 8.09. The summed E-state index contributed by atoms with van der Waals surface area (Å²) in [7, 11) is 0. The van der Waals surface area contributed by atoms with Gasteiger partial charge < -0.3 is 0 Å². The number of hydrogen-bond donors (Lipinski definition) is 0. The van der Waals surface area contributed by atoms with Gasteiger partial charge in [0.2, 0.25) is 0 Å². The summed E-state index contributed by atoms with van der Waals surface area (Å²) in [6.07, 6.45) is 8.28. The van der Waals surface area contributed by atoms with Gasteiger partial charge in [-0.15, -0.1) is 0 Å². The van der Waals surface area contributed by atoms with Crippen molar-refractivity contribution in [2.45, 2.75) is 39.0 Å². The van der Waals surface area contributed by atoms with Gasteiger partial charge in [-0.25, -0.2) is 0 Å². The zero-order valence-corrected chi connectivity index (χ0v) is 15.0. The van der Waals surface area contributed by atoms with E-state index in [1.807, 2.05) is 12.1 Å². The van der Waals surface area contributed by atoms with Gasteiger partial charge in [0.1, 0.15) is 5.56 Å². The number of ketones is 1. The molecule has 0 amide bonds. The summed E-state index contributed by atoms with van der Waals surface area (Å²) in [4.78, 5) is 23.6. The first-order valence-electron chi connectivity index (χ1n) is 9.10. The van der Waals surface area contributed by atoms with E-state index in [0.717, 1.165) is 17.9 Å². The molecule has 0 N–H and O–H groups in total. The molecule has 26 heavy (non-hydrogen) atoms. The average Bonchev–Trinajstić information content (AvgIpc) is 3.14. The largest absolute Gasteiger partial charge is 0.288 e. The van der Waals surface area contributed by atoms with E-state index in [1.54, 1.807) is 36.4 Å². The summed E-state index contributed by atoms with van der Waals surface area (Å²) in [5, 5.41) is 11.4. The molecule has 0 heterocycles. The van der Waals surface area contributed by atoms with Crippen molar-refractivity contribution in [3.63, 3.8) is 0 Å². The fourth-order valence-corrected chi connectivity index (χ4v) is 3.74. The lowest BCUT2D eigenvalue weighted by molar-refractivity contribution is -0.385. The highest BCUT2D eigenvalue weighted by Crippen LogP contribution is 2.31. The molecule has 0 unspecified atom stereocenters. The molecule has 0 saturated heterocycles. The zero-order chi connectivity index (χ0) is 18.5. The number of allylic oxidation sites excluding steroid dienone is 1. The van der Waals surface area contributed by atoms with Crippen LogP contribution >= 0.6 is 0 Å². The molecular weight excluding hydrogens is 326 g/mol. The van der Waals surface area contributed by atoms with Gasteiger partial charge in [-0.05, 0) is 37.0 Å². The summed E-state index contributed by atoms with van der Waals surface area (Å²) in [5.41, 5.74) is 2.54. The minimum Gasteiger partial charge on any atom is -0.288 e. The summed E-state index contributed by atoms with van der Waals surface area (Å²) >= 11 is 0. The van der Waals surface area contributed by atoms with E-state index < -0.39 is 4.92 Å². The lowest BCUT2D eigenvalue weighted by Crippen LogP contribution is -2.06. The smallest absolute Gasteiger partial charge is 0.280 e. The number of benzene rings is 2. The van der Waals surface area contributed by atoms with Crippen molar-refractivity contribution in [2.75, 3.05) is 0 Å². The van der Waals surface area contributed by atoms with E-state index in [9.17, 15) is 14.9 Å². The zero-order valence-electron chi connectivity index (χ0n) is 15.0. The molecule has 4 heteroatoms. The maximum absolute atomic E-state index is 12.8. The molecule has 2 aromatic carbocycles. The maximum atomic E-state index is 12.8. The number of nitrogens with zero attached hydrogens (tertiary/aromatic N) is 1. The molecular formula is C22H23NO3. The number of rotatable bonds is 6. The fraction of sp³-hybridized carbons (Fsp3) is 0.318. The Balaban J connectivity index is 1.91. The van der Waals surface area contributed by atoms with E-state index in [4.69, 9.17) is 0 Å². The van der Waals surface area contributed by atoms with Gasteiger partial charge >= 0.3 is 0 Å². The predicted octanol–water partition coefficient (Wildman–Crippen LogP) is 5.81. The first-order chi connectivity index (χ1) is 12.5. The molecule has 3 rings (SSSR count). The van der Waals surface area contributed by atoms with E-state index in [-0.39, 0.29) is 17.0 Å². The Labute approximate surface area is 153 Å². The van der Waals surface area contributed by atoms with Crippen LogP contribution in [-0.4, -0.2) is 10.7 Å². The molecule has 134 valence electrons. The normalized spacial score (nSPS) is 15.2. The molecule has 2 aromatic rings. The number of hydrogen-bond acceptors (Lipinski definition) is 3. The Morgan fingerprint density at radius 2 is 1.85 bits per heavy atom. The monoisotopic (exact) mass is 349 g/mol. The highest BCUT2D eigenvalue weighted by Gasteiger charge is 2.21. The molecule has 0 aromatic heterocycles. The van der Waals surface area contributed by atoms with Crippen molar-refractivity contribution in [1.82, 2.24) is 0 Å². The van der Waals surface area contributed by atoms with Crippen molar-refractivity contribution in [3.05, 3.63) is 80.9 Å². The number of nitro groups is 1.